The van der Waals surface area contributed by atoms with Crippen molar-refractivity contribution in [1.29, 1.82) is 0 Å². The zero-order valence-electron chi connectivity index (χ0n) is 7.96. The fourth-order valence-corrected chi connectivity index (χ4v) is 1.44. The number of hydrogen-bond donors (Lipinski definition) is 4. The third-order valence-corrected chi connectivity index (χ3v) is 2.28. The van der Waals surface area contributed by atoms with Crippen LogP contribution in [0.4, 0.5) is 0 Å². The second kappa shape index (κ2) is 4.52. The van der Waals surface area contributed by atoms with E-state index in [-0.39, 0.29) is 13.2 Å². The summed E-state index contributed by atoms with van der Waals surface area (Å²) in [4.78, 5) is 0. The Bertz CT molecular complexity index is 187. The molecule has 1 aliphatic rings. The highest BCUT2D eigenvalue weighted by molar-refractivity contribution is 4.92. The highest BCUT2D eigenvalue weighted by Gasteiger charge is 2.50. The van der Waals surface area contributed by atoms with E-state index in [0.29, 0.717) is 0 Å². The van der Waals surface area contributed by atoms with Gasteiger partial charge in [0.25, 0.3) is 0 Å². The topological polar surface area (TPSA) is 99.4 Å². The molecule has 0 amide bonds. The van der Waals surface area contributed by atoms with Gasteiger partial charge in [0.15, 0.2) is 0 Å². The van der Waals surface area contributed by atoms with Gasteiger partial charge in [0.1, 0.15) is 24.9 Å². The molecule has 0 unspecified atom stereocenters. The molecule has 0 aliphatic carbocycles. The highest BCUT2D eigenvalue weighted by Crippen LogP contribution is 2.27. The van der Waals surface area contributed by atoms with E-state index < -0.39 is 30.7 Å². The summed E-state index contributed by atoms with van der Waals surface area (Å²) in [7, 11) is 0. The lowest BCUT2D eigenvalue weighted by Gasteiger charge is -2.43. The van der Waals surface area contributed by atoms with Crippen LogP contribution in [0.15, 0.2) is 0 Å². The van der Waals surface area contributed by atoms with Gasteiger partial charge in [-0.25, -0.2) is 0 Å². The van der Waals surface area contributed by atoms with Crippen LogP contribution >= 0.6 is 0 Å². The van der Waals surface area contributed by atoms with E-state index in [1.807, 2.05) is 0 Å². The van der Waals surface area contributed by atoms with Crippen LogP contribution in [0.1, 0.15) is 6.92 Å². The van der Waals surface area contributed by atoms with Gasteiger partial charge in [0.05, 0.1) is 6.61 Å². The molecule has 1 saturated heterocycles. The predicted molar refractivity (Wildman–Crippen MR) is 45.4 cm³/mol. The first-order chi connectivity index (χ1) is 6.57. The number of aliphatic hydroxyl groups is 4. The standard InChI is InChI=1S/C8H16O6/c1-2-13-8(4-9)7(12)6(11)5(10)3-14-8/h5-7,9-12H,2-4H2,1H3/t5-,6+,7-,8+/m1/s1. The van der Waals surface area contributed by atoms with E-state index in [4.69, 9.17) is 14.6 Å². The van der Waals surface area contributed by atoms with Crippen LogP contribution in [0.25, 0.3) is 0 Å². The number of ether oxygens (including phenoxy) is 2. The van der Waals surface area contributed by atoms with Crippen LogP contribution in [0, 0.1) is 0 Å². The van der Waals surface area contributed by atoms with Crippen LogP contribution in [-0.4, -0.2) is 64.3 Å². The molecule has 0 bridgehead atoms. The van der Waals surface area contributed by atoms with Crippen molar-refractivity contribution in [2.45, 2.75) is 31.0 Å². The average Bonchev–Trinajstić information content (AvgIpc) is 2.20. The summed E-state index contributed by atoms with van der Waals surface area (Å²) in [6, 6.07) is 0. The molecule has 0 aromatic carbocycles. The van der Waals surface area contributed by atoms with Crippen LogP contribution in [0.3, 0.4) is 0 Å². The van der Waals surface area contributed by atoms with Crippen LogP contribution in [0.2, 0.25) is 0 Å². The minimum atomic E-state index is -1.62. The smallest absolute Gasteiger partial charge is 0.221 e. The molecule has 14 heavy (non-hydrogen) atoms. The van der Waals surface area contributed by atoms with Gasteiger partial charge in [0, 0.05) is 6.61 Å². The van der Waals surface area contributed by atoms with Crippen molar-refractivity contribution in [3.63, 3.8) is 0 Å². The van der Waals surface area contributed by atoms with Gasteiger partial charge in [-0.1, -0.05) is 0 Å². The van der Waals surface area contributed by atoms with E-state index in [9.17, 15) is 15.3 Å². The Kier molecular flexibility index (Phi) is 3.82. The van der Waals surface area contributed by atoms with Gasteiger partial charge in [-0.2, -0.15) is 0 Å². The molecule has 4 N–H and O–H groups in total. The van der Waals surface area contributed by atoms with Gasteiger partial charge in [-0.3, -0.25) is 0 Å². The van der Waals surface area contributed by atoms with Crippen molar-refractivity contribution < 1.29 is 29.9 Å². The van der Waals surface area contributed by atoms with E-state index in [2.05, 4.69) is 0 Å². The molecule has 0 spiro atoms. The Morgan fingerprint density at radius 2 is 2.07 bits per heavy atom. The first-order valence-corrected chi connectivity index (χ1v) is 4.50. The zero-order chi connectivity index (χ0) is 10.8. The van der Waals surface area contributed by atoms with Gasteiger partial charge in [-0.15, -0.1) is 0 Å². The molecular formula is C8H16O6. The lowest BCUT2D eigenvalue weighted by atomic mass is 9.97. The SMILES string of the molecule is CCO[C@@]1(CO)OC[C@@H](O)[C@H](O)[C@H]1O. The van der Waals surface area contributed by atoms with E-state index in [1.165, 1.54) is 0 Å². The molecule has 1 aliphatic heterocycles. The van der Waals surface area contributed by atoms with Crippen molar-refractivity contribution in [3.05, 3.63) is 0 Å². The zero-order valence-corrected chi connectivity index (χ0v) is 7.96. The number of rotatable bonds is 3. The summed E-state index contributed by atoms with van der Waals surface area (Å²) in [5.74, 6) is -1.62. The van der Waals surface area contributed by atoms with Gasteiger partial charge in [0.2, 0.25) is 5.79 Å². The van der Waals surface area contributed by atoms with Gasteiger partial charge >= 0.3 is 0 Å². The van der Waals surface area contributed by atoms with Gasteiger partial charge in [-0.05, 0) is 6.92 Å². The largest absolute Gasteiger partial charge is 0.391 e. The first kappa shape index (κ1) is 11.8. The Hall–Kier alpha value is -0.240. The lowest BCUT2D eigenvalue weighted by Crippen LogP contribution is -2.63. The molecule has 0 saturated carbocycles. The Morgan fingerprint density at radius 1 is 1.43 bits per heavy atom. The maximum atomic E-state index is 9.57. The van der Waals surface area contributed by atoms with Crippen LogP contribution in [0.5, 0.6) is 0 Å². The molecule has 6 heteroatoms. The fraction of sp³-hybridized carbons (Fsp3) is 1.00. The average molecular weight is 208 g/mol. The highest BCUT2D eigenvalue weighted by atomic mass is 16.7. The van der Waals surface area contributed by atoms with Crippen LogP contribution in [-0.2, 0) is 9.47 Å². The maximum absolute atomic E-state index is 9.57. The summed E-state index contributed by atoms with van der Waals surface area (Å²) in [6.45, 7) is 1.13. The van der Waals surface area contributed by atoms with Crippen molar-refractivity contribution in [2.75, 3.05) is 19.8 Å². The molecule has 84 valence electrons. The number of hydrogen-bond acceptors (Lipinski definition) is 6. The summed E-state index contributed by atoms with van der Waals surface area (Å²) in [5, 5.41) is 37.2. The Labute approximate surface area is 81.7 Å². The van der Waals surface area contributed by atoms with E-state index in [1.54, 1.807) is 6.92 Å². The second-order valence-electron chi connectivity index (χ2n) is 3.22. The van der Waals surface area contributed by atoms with Crippen molar-refractivity contribution in [1.82, 2.24) is 0 Å². The molecule has 0 aromatic rings. The first-order valence-electron chi connectivity index (χ1n) is 4.50. The minimum absolute atomic E-state index is 0.182. The van der Waals surface area contributed by atoms with E-state index in [0.717, 1.165) is 0 Å². The second-order valence-corrected chi connectivity index (χ2v) is 3.22. The lowest BCUT2D eigenvalue weighted by molar-refractivity contribution is -0.347. The van der Waals surface area contributed by atoms with Crippen molar-refractivity contribution in [2.24, 2.45) is 0 Å². The summed E-state index contributed by atoms with van der Waals surface area (Å²) >= 11 is 0. The third kappa shape index (κ3) is 1.90. The normalized spacial score (nSPS) is 43.9. The third-order valence-electron chi connectivity index (χ3n) is 2.28. The van der Waals surface area contributed by atoms with Crippen LogP contribution < -0.4 is 0 Å². The molecule has 0 radical (unpaired) electrons. The Morgan fingerprint density at radius 3 is 2.57 bits per heavy atom. The number of aliphatic hydroxyl groups excluding tert-OH is 4. The molecular weight excluding hydrogens is 192 g/mol. The molecule has 1 heterocycles. The van der Waals surface area contributed by atoms with Crippen molar-refractivity contribution in [3.8, 4) is 0 Å². The molecule has 6 nitrogen and oxygen atoms in total. The molecule has 4 atom stereocenters. The summed E-state index contributed by atoms with van der Waals surface area (Å²) in [5.41, 5.74) is 0. The molecule has 0 aromatic heterocycles. The monoisotopic (exact) mass is 208 g/mol. The van der Waals surface area contributed by atoms with E-state index >= 15 is 0 Å². The minimum Gasteiger partial charge on any atom is -0.391 e. The van der Waals surface area contributed by atoms with Crippen molar-refractivity contribution >= 4 is 0 Å². The quantitative estimate of drug-likeness (QED) is 0.421. The fourth-order valence-electron chi connectivity index (χ4n) is 1.44. The summed E-state index contributed by atoms with van der Waals surface area (Å²) in [6.07, 6.45) is -4.00. The molecule has 1 fully saturated rings. The summed E-state index contributed by atoms with van der Waals surface area (Å²) < 4.78 is 10.1. The predicted octanol–water partition coefficient (Wildman–Crippen LogP) is -2.18. The Balaban J connectivity index is 2.76. The maximum Gasteiger partial charge on any atom is 0.221 e. The molecule has 1 rings (SSSR count). The van der Waals surface area contributed by atoms with Gasteiger partial charge < -0.3 is 29.9 Å².